The smallest absolute Gasteiger partial charge is 0.241 e. The number of carbonyl (C=O) groups is 1. The highest BCUT2D eigenvalue weighted by molar-refractivity contribution is 6.36. The van der Waals surface area contributed by atoms with E-state index in [0.717, 1.165) is 5.56 Å². The molecule has 0 aliphatic rings. The van der Waals surface area contributed by atoms with Crippen molar-refractivity contribution in [2.75, 3.05) is 18.5 Å². The number of anilines is 1. The molecular formula is C21H26Cl2N2O3. The van der Waals surface area contributed by atoms with Gasteiger partial charge in [-0.05, 0) is 63.6 Å². The van der Waals surface area contributed by atoms with E-state index in [1.807, 2.05) is 39.0 Å². The maximum absolute atomic E-state index is 12.5. The molecule has 0 unspecified atom stereocenters. The quantitative estimate of drug-likeness (QED) is 0.560. The Morgan fingerprint density at radius 3 is 2.32 bits per heavy atom. The Morgan fingerprint density at radius 1 is 1.00 bits per heavy atom. The summed E-state index contributed by atoms with van der Waals surface area (Å²) in [6.45, 7) is 8.77. The summed E-state index contributed by atoms with van der Waals surface area (Å²) in [6, 6.07) is 10.2. The molecule has 152 valence electrons. The Kier molecular flexibility index (Phi) is 8.42. The first-order chi connectivity index (χ1) is 13.3. The summed E-state index contributed by atoms with van der Waals surface area (Å²) in [5.74, 6) is 1.22. The van der Waals surface area contributed by atoms with E-state index in [1.165, 1.54) is 0 Å². The van der Waals surface area contributed by atoms with Gasteiger partial charge in [0.25, 0.3) is 0 Å². The Morgan fingerprint density at radius 2 is 1.68 bits per heavy atom. The van der Waals surface area contributed by atoms with Gasteiger partial charge in [0, 0.05) is 11.1 Å². The van der Waals surface area contributed by atoms with Crippen LogP contribution in [0.25, 0.3) is 0 Å². The minimum absolute atomic E-state index is 0.0728. The third-order valence-electron chi connectivity index (χ3n) is 4.15. The molecule has 0 heterocycles. The van der Waals surface area contributed by atoms with Crippen LogP contribution in [0.3, 0.4) is 0 Å². The molecule has 2 aromatic carbocycles. The van der Waals surface area contributed by atoms with Crippen molar-refractivity contribution in [2.24, 2.45) is 0 Å². The zero-order chi connectivity index (χ0) is 20.7. The van der Waals surface area contributed by atoms with Crippen LogP contribution in [0.2, 0.25) is 10.0 Å². The molecule has 7 heteroatoms. The number of ether oxygens (including phenoxy) is 2. The number of hydrogen-bond donors (Lipinski definition) is 2. The molecule has 0 bridgehead atoms. The SMILES string of the molecule is CCOc1ccc([C@@H](C)N[C@@H](C)C(=O)Nc2ccc(Cl)cc2Cl)cc1OCC. The van der Waals surface area contributed by atoms with Gasteiger partial charge in [-0.3, -0.25) is 10.1 Å². The Balaban J connectivity index is 2.05. The fourth-order valence-corrected chi connectivity index (χ4v) is 3.17. The maximum atomic E-state index is 12.5. The van der Waals surface area contributed by atoms with Crippen LogP contribution in [-0.2, 0) is 4.79 Å². The minimum atomic E-state index is -0.441. The average Bonchev–Trinajstić information content (AvgIpc) is 2.65. The lowest BCUT2D eigenvalue weighted by Gasteiger charge is -2.21. The monoisotopic (exact) mass is 424 g/mol. The highest BCUT2D eigenvalue weighted by Crippen LogP contribution is 2.31. The molecule has 0 radical (unpaired) electrons. The van der Waals surface area contributed by atoms with E-state index in [1.54, 1.807) is 25.1 Å². The first-order valence-electron chi connectivity index (χ1n) is 9.27. The predicted molar refractivity (Wildman–Crippen MR) is 115 cm³/mol. The summed E-state index contributed by atoms with van der Waals surface area (Å²) in [6.07, 6.45) is 0. The third-order valence-corrected chi connectivity index (χ3v) is 4.70. The Labute approximate surface area is 176 Å². The molecule has 0 spiro atoms. The van der Waals surface area contributed by atoms with Gasteiger partial charge in [0.05, 0.1) is 30.0 Å². The highest BCUT2D eigenvalue weighted by atomic mass is 35.5. The largest absolute Gasteiger partial charge is 0.490 e. The zero-order valence-corrected chi connectivity index (χ0v) is 18.0. The molecular weight excluding hydrogens is 399 g/mol. The molecule has 2 rings (SSSR count). The lowest BCUT2D eigenvalue weighted by Crippen LogP contribution is -2.39. The van der Waals surface area contributed by atoms with Crippen LogP contribution in [0, 0.1) is 0 Å². The number of rotatable bonds is 9. The number of amides is 1. The summed E-state index contributed by atoms with van der Waals surface area (Å²) in [5, 5.41) is 7.02. The predicted octanol–water partition coefficient (Wildman–Crippen LogP) is 5.47. The topological polar surface area (TPSA) is 59.6 Å². The first kappa shape index (κ1) is 22.3. The van der Waals surface area contributed by atoms with Crippen LogP contribution < -0.4 is 20.1 Å². The Bertz CT molecular complexity index is 814. The number of hydrogen-bond acceptors (Lipinski definition) is 4. The van der Waals surface area contributed by atoms with Crippen LogP contribution in [0.1, 0.15) is 39.3 Å². The summed E-state index contributed by atoms with van der Waals surface area (Å²) >= 11 is 12.0. The van der Waals surface area contributed by atoms with Crippen LogP contribution >= 0.6 is 23.2 Å². The van der Waals surface area contributed by atoms with Gasteiger partial charge in [0.15, 0.2) is 11.5 Å². The fraction of sp³-hybridized carbons (Fsp3) is 0.381. The van der Waals surface area contributed by atoms with Gasteiger partial charge < -0.3 is 14.8 Å². The van der Waals surface area contributed by atoms with Crippen molar-refractivity contribution in [3.63, 3.8) is 0 Å². The van der Waals surface area contributed by atoms with Gasteiger partial charge in [-0.15, -0.1) is 0 Å². The van der Waals surface area contributed by atoms with E-state index in [2.05, 4.69) is 10.6 Å². The van der Waals surface area contributed by atoms with Crippen molar-refractivity contribution in [2.45, 2.75) is 39.8 Å². The van der Waals surface area contributed by atoms with Crippen molar-refractivity contribution in [3.8, 4) is 11.5 Å². The number of carbonyl (C=O) groups excluding carboxylic acids is 1. The van der Waals surface area contributed by atoms with Crippen molar-refractivity contribution in [1.29, 1.82) is 0 Å². The van der Waals surface area contributed by atoms with E-state index in [9.17, 15) is 4.79 Å². The van der Waals surface area contributed by atoms with E-state index in [-0.39, 0.29) is 11.9 Å². The first-order valence-corrected chi connectivity index (χ1v) is 10.0. The molecule has 1 amide bonds. The molecule has 0 saturated heterocycles. The standard InChI is InChI=1S/C21H26Cl2N2O3/c1-5-27-19-10-7-15(11-20(19)28-6-2)13(3)24-14(4)21(26)25-18-9-8-16(22)12-17(18)23/h7-14,24H,5-6H2,1-4H3,(H,25,26)/t13-,14+/m1/s1. The van der Waals surface area contributed by atoms with Crippen molar-refractivity contribution in [1.82, 2.24) is 5.32 Å². The Hall–Kier alpha value is -1.95. The normalized spacial score (nSPS) is 12.9. The van der Waals surface area contributed by atoms with Crippen molar-refractivity contribution in [3.05, 3.63) is 52.0 Å². The van der Waals surface area contributed by atoms with Crippen molar-refractivity contribution >= 4 is 34.8 Å². The molecule has 0 aromatic heterocycles. The van der Waals surface area contributed by atoms with E-state index >= 15 is 0 Å². The number of benzene rings is 2. The zero-order valence-electron chi connectivity index (χ0n) is 16.5. The van der Waals surface area contributed by atoms with Crippen LogP contribution in [0.15, 0.2) is 36.4 Å². The lowest BCUT2D eigenvalue weighted by atomic mass is 10.1. The maximum Gasteiger partial charge on any atom is 0.241 e. The molecule has 2 aromatic rings. The molecule has 5 nitrogen and oxygen atoms in total. The number of nitrogens with one attached hydrogen (secondary N) is 2. The van der Waals surface area contributed by atoms with Crippen LogP contribution in [-0.4, -0.2) is 25.2 Å². The summed E-state index contributed by atoms with van der Waals surface area (Å²) in [5.41, 5.74) is 1.52. The van der Waals surface area contributed by atoms with Crippen LogP contribution in [0.4, 0.5) is 5.69 Å². The average molecular weight is 425 g/mol. The molecule has 0 aliphatic heterocycles. The van der Waals surface area contributed by atoms with E-state index in [4.69, 9.17) is 32.7 Å². The minimum Gasteiger partial charge on any atom is -0.490 e. The fourth-order valence-electron chi connectivity index (χ4n) is 2.72. The van der Waals surface area contributed by atoms with Gasteiger partial charge >= 0.3 is 0 Å². The molecule has 0 saturated carbocycles. The van der Waals surface area contributed by atoms with Gasteiger partial charge in [0.1, 0.15) is 0 Å². The molecule has 0 fully saturated rings. The molecule has 0 aliphatic carbocycles. The van der Waals surface area contributed by atoms with E-state index < -0.39 is 6.04 Å². The third kappa shape index (κ3) is 6.03. The highest BCUT2D eigenvalue weighted by Gasteiger charge is 2.18. The van der Waals surface area contributed by atoms with Crippen LogP contribution in [0.5, 0.6) is 11.5 Å². The second-order valence-corrected chi connectivity index (χ2v) is 7.14. The van der Waals surface area contributed by atoms with Gasteiger partial charge in [0.2, 0.25) is 5.91 Å². The summed E-state index contributed by atoms with van der Waals surface area (Å²) < 4.78 is 11.3. The van der Waals surface area contributed by atoms with Gasteiger partial charge in [-0.2, -0.15) is 0 Å². The van der Waals surface area contributed by atoms with E-state index in [0.29, 0.717) is 40.4 Å². The summed E-state index contributed by atoms with van der Waals surface area (Å²) in [7, 11) is 0. The van der Waals surface area contributed by atoms with Gasteiger partial charge in [-0.25, -0.2) is 0 Å². The van der Waals surface area contributed by atoms with Crippen molar-refractivity contribution < 1.29 is 14.3 Å². The molecule has 2 atom stereocenters. The van der Waals surface area contributed by atoms with Gasteiger partial charge in [-0.1, -0.05) is 29.3 Å². The molecule has 2 N–H and O–H groups in total. The number of halogens is 2. The second-order valence-electron chi connectivity index (χ2n) is 6.30. The second kappa shape index (κ2) is 10.6. The molecule has 28 heavy (non-hydrogen) atoms. The summed E-state index contributed by atoms with van der Waals surface area (Å²) in [4.78, 5) is 12.5. The lowest BCUT2D eigenvalue weighted by molar-refractivity contribution is -0.117.